The minimum absolute atomic E-state index is 0.637. The van der Waals surface area contributed by atoms with Crippen molar-refractivity contribution in [1.29, 1.82) is 0 Å². The van der Waals surface area contributed by atoms with Crippen LogP contribution in [0.2, 0.25) is 0 Å². The van der Waals surface area contributed by atoms with Crippen LogP contribution in [-0.4, -0.2) is 33.5 Å². The molecule has 0 radical (unpaired) electrons. The number of hydrogen-bond donors (Lipinski definition) is 1. The Labute approximate surface area is 108 Å². The van der Waals surface area contributed by atoms with Gasteiger partial charge in [0, 0.05) is 20.3 Å². The third-order valence-electron chi connectivity index (χ3n) is 3.09. The van der Waals surface area contributed by atoms with Crippen LogP contribution in [0.5, 0.6) is 11.5 Å². The standard InChI is InChI=1S/C14H21NO3/c1-11-12(10-15-6-3-7-16-2)4-5-13-14(11)18-9-8-17-13/h4-5,15H,3,6-10H2,1-2H3. The molecule has 0 saturated heterocycles. The summed E-state index contributed by atoms with van der Waals surface area (Å²) in [4.78, 5) is 0. The Kier molecular flexibility index (Phi) is 4.84. The molecule has 1 aromatic rings. The molecular weight excluding hydrogens is 230 g/mol. The van der Waals surface area contributed by atoms with Crippen molar-refractivity contribution >= 4 is 0 Å². The minimum atomic E-state index is 0.637. The Morgan fingerprint density at radius 2 is 2.11 bits per heavy atom. The summed E-state index contributed by atoms with van der Waals surface area (Å²) in [5, 5.41) is 3.41. The summed E-state index contributed by atoms with van der Waals surface area (Å²) in [6.45, 7) is 5.97. The maximum atomic E-state index is 5.67. The average Bonchev–Trinajstić information content (AvgIpc) is 2.41. The van der Waals surface area contributed by atoms with Crippen molar-refractivity contribution in [3.8, 4) is 11.5 Å². The number of nitrogens with one attached hydrogen (secondary N) is 1. The van der Waals surface area contributed by atoms with E-state index in [0.717, 1.165) is 37.6 Å². The average molecular weight is 251 g/mol. The van der Waals surface area contributed by atoms with Crippen molar-refractivity contribution in [1.82, 2.24) is 5.32 Å². The van der Waals surface area contributed by atoms with E-state index >= 15 is 0 Å². The van der Waals surface area contributed by atoms with E-state index < -0.39 is 0 Å². The maximum Gasteiger partial charge on any atom is 0.164 e. The van der Waals surface area contributed by atoms with Gasteiger partial charge in [0.2, 0.25) is 0 Å². The Bertz CT molecular complexity index is 393. The molecule has 100 valence electrons. The van der Waals surface area contributed by atoms with E-state index in [1.54, 1.807) is 7.11 Å². The van der Waals surface area contributed by atoms with Gasteiger partial charge in [-0.15, -0.1) is 0 Å². The molecule has 1 N–H and O–H groups in total. The van der Waals surface area contributed by atoms with Gasteiger partial charge in [0.1, 0.15) is 13.2 Å². The van der Waals surface area contributed by atoms with Crippen LogP contribution >= 0.6 is 0 Å². The zero-order chi connectivity index (χ0) is 12.8. The molecular formula is C14H21NO3. The minimum Gasteiger partial charge on any atom is -0.486 e. The molecule has 4 heteroatoms. The van der Waals surface area contributed by atoms with E-state index in [2.05, 4.69) is 18.3 Å². The molecule has 18 heavy (non-hydrogen) atoms. The number of methoxy groups -OCH3 is 1. The van der Waals surface area contributed by atoms with Gasteiger partial charge in [0.15, 0.2) is 11.5 Å². The normalized spacial score (nSPS) is 13.7. The van der Waals surface area contributed by atoms with E-state index in [0.29, 0.717) is 13.2 Å². The van der Waals surface area contributed by atoms with Gasteiger partial charge in [-0.05, 0) is 37.1 Å². The summed E-state index contributed by atoms with van der Waals surface area (Å²) in [6.07, 6.45) is 1.03. The molecule has 0 aromatic heterocycles. The first-order valence-corrected chi connectivity index (χ1v) is 6.40. The molecule has 0 amide bonds. The van der Waals surface area contributed by atoms with Gasteiger partial charge in [0.05, 0.1) is 0 Å². The van der Waals surface area contributed by atoms with Crippen molar-refractivity contribution in [2.24, 2.45) is 0 Å². The van der Waals surface area contributed by atoms with Gasteiger partial charge < -0.3 is 19.5 Å². The van der Waals surface area contributed by atoms with E-state index in [1.165, 1.54) is 11.1 Å². The Hall–Kier alpha value is -1.26. The SMILES string of the molecule is COCCCNCc1ccc2c(c1C)OCCO2. The van der Waals surface area contributed by atoms with Gasteiger partial charge >= 0.3 is 0 Å². The third-order valence-corrected chi connectivity index (χ3v) is 3.09. The summed E-state index contributed by atoms with van der Waals surface area (Å²) in [5.74, 6) is 1.76. The number of rotatable bonds is 6. The smallest absolute Gasteiger partial charge is 0.164 e. The van der Waals surface area contributed by atoms with Crippen molar-refractivity contribution in [2.45, 2.75) is 19.9 Å². The molecule has 1 aliphatic rings. The van der Waals surface area contributed by atoms with Crippen LogP contribution < -0.4 is 14.8 Å². The van der Waals surface area contributed by atoms with Crippen LogP contribution in [0.1, 0.15) is 17.5 Å². The van der Waals surface area contributed by atoms with Crippen LogP contribution in [0.3, 0.4) is 0 Å². The molecule has 2 rings (SSSR count). The zero-order valence-electron chi connectivity index (χ0n) is 11.1. The summed E-state index contributed by atoms with van der Waals surface area (Å²) in [5.41, 5.74) is 2.43. The van der Waals surface area contributed by atoms with E-state index in [-0.39, 0.29) is 0 Å². The molecule has 0 saturated carbocycles. The molecule has 4 nitrogen and oxygen atoms in total. The lowest BCUT2D eigenvalue weighted by Crippen LogP contribution is -2.19. The van der Waals surface area contributed by atoms with Crippen molar-refractivity contribution < 1.29 is 14.2 Å². The van der Waals surface area contributed by atoms with Gasteiger partial charge in [-0.2, -0.15) is 0 Å². The molecule has 0 unspecified atom stereocenters. The van der Waals surface area contributed by atoms with E-state index in [9.17, 15) is 0 Å². The quantitative estimate of drug-likeness (QED) is 0.784. The van der Waals surface area contributed by atoms with Crippen LogP contribution in [0.15, 0.2) is 12.1 Å². The fourth-order valence-corrected chi connectivity index (χ4v) is 2.05. The highest BCUT2D eigenvalue weighted by molar-refractivity contribution is 5.50. The first-order valence-electron chi connectivity index (χ1n) is 6.40. The fraction of sp³-hybridized carbons (Fsp3) is 0.571. The molecule has 1 aliphatic heterocycles. The second-order valence-electron chi connectivity index (χ2n) is 4.40. The van der Waals surface area contributed by atoms with Crippen LogP contribution in [0, 0.1) is 6.92 Å². The Balaban J connectivity index is 1.92. The van der Waals surface area contributed by atoms with Crippen LogP contribution in [0.4, 0.5) is 0 Å². The monoisotopic (exact) mass is 251 g/mol. The molecule has 0 atom stereocenters. The van der Waals surface area contributed by atoms with Gasteiger partial charge in [0.25, 0.3) is 0 Å². The highest BCUT2D eigenvalue weighted by Gasteiger charge is 2.15. The lowest BCUT2D eigenvalue weighted by atomic mass is 10.1. The summed E-state index contributed by atoms with van der Waals surface area (Å²) >= 11 is 0. The second kappa shape index (κ2) is 6.61. The predicted octanol–water partition coefficient (Wildman–Crippen LogP) is 1.89. The number of hydrogen-bond acceptors (Lipinski definition) is 4. The van der Waals surface area contributed by atoms with Gasteiger partial charge in [-0.25, -0.2) is 0 Å². The summed E-state index contributed by atoms with van der Waals surface area (Å²) in [7, 11) is 1.73. The second-order valence-corrected chi connectivity index (χ2v) is 4.40. The maximum absolute atomic E-state index is 5.67. The molecule has 0 aliphatic carbocycles. The fourth-order valence-electron chi connectivity index (χ4n) is 2.05. The van der Waals surface area contributed by atoms with Crippen LogP contribution in [-0.2, 0) is 11.3 Å². The molecule has 1 heterocycles. The van der Waals surface area contributed by atoms with Gasteiger partial charge in [-0.3, -0.25) is 0 Å². The zero-order valence-corrected chi connectivity index (χ0v) is 11.1. The highest BCUT2D eigenvalue weighted by atomic mass is 16.6. The van der Waals surface area contributed by atoms with Crippen molar-refractivity contribution in [3.05, 3.63) is 23.3 Å². The van der Waals surface area contributed by atoms with Crippen molar-refractivity contribution in [2.75, 3.05) is 33.5 Å². The molecule has 0 spiro atoms. The number of benzene rings is 1. The van der Waals surface area contributed by atoms with Gasteiger partial charge in [-0.1, -0.05) is 6.07 Å². The van der Waals surface area contributed by atoms with E-state index in [1.807, 2.05) is 6.07 Å². The number of fused-ring (bicyclic) bond motifs is 1. The first-order chi connectivity index (χ1) is 8.83. The van der Waals surface area contributed by atoms with E-state index in [4.69, 9.17) is 14.2 Å². The molecule has 0 bridgehead atoms. The Morgan fingerprint density at radius 1 is 1.28 bits per heavy atom. The highest BCUT2D eigenvalue weighted by Crippen LogP contribution is 2.35. The Morgan fingerprint density at radius 3 is 2.94 bits per heavy atom. The largest absolute Gasteiger partial charge is 0.486 e. The van der Waals surface area contributed by atoms with Crippen molar-refractivity contribution in [3.63, 3.8) is 0 Å². The van der Waals surface area contributed by atoms with Crippen LogP contribution in [0.25, 0.3) is 0 Å². The summed E-state index contributed by atoms with van der Waals surface area (Å²) in [6, 6.07) is 4.10. The lowest BCUT2D eigenvalue weighted by Gasteiger charge is -2.21. The predicted molar refractivity (Wildman–Crippen MR) is 70.4 cm³/mol. The first kappa shape index (κ1) is 13.2. The topological polar surface area (TPSA) is 39.7 Å². The third kappa shape index (κ3) is 3.15. The lowest BCUT2D eigenvalue weighted by molar-refractivity contribution is 0.170. The molecule has 0 fully saturated rings. The summed E-state index contributed by atoms with van der Waals surface area (Å²) < 4.78 is 16.2. The number of ether oxygens (including phenoxy) is 3. The molecule has 1 aromatic carbocycles.